The van der Waals surface area contributed by atoms with Gasteiger partial charge in [-0.05, 0) is 12.1 Å². The molecule has 2 unspecified atom stereocenters. The molecule has 1 aliphatic rings. The molecule has 2 atom stereocenters. The molecular weight excluding hydrogens is 255 g/mol. The standard InChI is InChI=1S/C12H13FN2O4/c13-8-3-1-2-6(10(8)14)11(16)15-9-5-19-4-7(9)12(17)18/h1-3,7,9H,4-5,14H2,(H,15,16)(H,17,18). The number of carboxylic acids is 1. The first-order valence-electron chi connectivity index (χ1n) is 5.66. The number of carboxylic acid groups (broad SMARTS) is 1. The number of carbonyl (C=O) groups is 2. The first kappa shape index (κ1) is 13.3. The Bertz CT molecular complexity index is 520. The largest absolute Gasteiger partial charge is 0.481 e. The number of hydrogen-bond donors (Lipinski definition) is 3. The molecule has 7 heteroatoms. The molecule has 4 N–H and O–H groups in total. The highest BCUT2D eigenvalue weighted by Gasteiger charge is 2.35. The topological polar surface area (TPSA) is 102 Å². The Kier molecular flexibility index (Phi) is 3.66. The maximum Gasteiger partial charge on any atom is 0.311 e. The summed E-state index contributed by atoms with van der Waals surface area (Å²) in [6.07, 6.45) is 0. The highest BCUT2D eigenvalue weighted by molar-refractivity contribution is 5.99. The third-order valence-corrected chi connectivity index (χ3v) is 3.01. The van der Waals surface area contributed by atoms with E-state index >= 15 is 0 Å². The van der Waals surface area contributed by atoms with Crippen LogP contribution in [0.15, 0.2) is 18.2 Å². The van der Waals surface area contributed by atoms with Crippen LogP contribution in [-0.4, -0.2) is 36.2 Å². The van der Waals surface area contributed by atoms with E-state index in [4.69, 9.17) is 15.6 Å². The molecule has 1 aromatic carbocycles. The molecule has 1 fully saturated rings. The van der Waals surface area contributed by atoms with Gasteiger partial charge in [-0.3, -0.25) is 9.59 Å². The fourth-order valence-electron chi connectivity index (χ4n) is 1.92. The summed E-state index contributed by atoms with van der Waals surface area (Å²) in [5, 5.41) is 11.5. The second kappa shape index (κ2) is 5.23. The summed E-state index contributed by atoms with van der Waals surface area (Å²) in [6.45, 7) is 0.150. The number of anilines is 1. The van der Waals surface area contributed by atoms with Gasteiger partial charge in [0.15, 0.2) is 0 Å². The van der Waals surface area contributed by atoms with Crippen molar-refractivity contribution >= 4 is 17.6 Å². The van der Waals surface area contributed by atoms with E-state index in [2.05, 4.69) is 5.32 Å². The van der Waals surface area contributed by atoms with Crippen molar-refractivity contribution in [2.45, 2.75) is 6.04 Å². The van der Waals surface area contributed by atoms with Gasteiger partial charge in [0.1, 0.15) is 11.7 Å². The molecule has 0 radical (unpaired) electrons. The Labute approximate surface area is 108 Å². The minimum atomic E-state index is -1.05. The normalized spacial score (nSPS) is 22.2. The van der Waals surface area contributed by atoms with Crippen LogP contribution in [0.5, 0.6) is 0 Å². The minimum absolute atomic E-state index is 0.0176. The molecule has 0 aliphatic carbocycles. The van der Waals surface area contributed by atoms with Gasteiger partial charge in [0, 0.05) is 0 Å². The van der Waals surface area contributed by atoms with Gasteiger partial charge in [0.05, 0.1) is 30.5 Å². The Morgan fingerprint density at radius 3 is 2.84 bits per heavy atom. The maximum atomic E-state index is 13.2. The molecule has 2 rings (SSSR count). The number of nitrogen functional groups attached to an aromatic ring is 1. The van der Waals surface area contributed by atoms with Gasteiger partial charge in [-0.1, -0.05) is 6.07 Å². The van der Waals surface area contributed by atoms with Crippen molar-refractivity contribution in [2.24, 2.45) is 5.92 Å². The summed E-state index contributed by atoms with van der Waals surface area (Å²) in [5.41, 5.74) is 5.19. The van der Waals surface area contributed by atoms with E-state index in [1.165, 1.54) is 12.1 Å². The number of hydrogen-bond acceptors (Lipinski definition) is 4. The predicted octanol–water partition coefficient (Wildman–Crippen LogP) is 0.237. The Hall–Kier alpha value is -2.15. The average Bonchev–Trinajstić information content (AvgIpc) is 2.80. The summed E-state index contributed by atoms with van der Waals surface area (Å²) in [5.74, 6) is -3.15. The van der Waals surface area contributed by atoms with Crippen molar-refractivity contribution in [2.75, 3.05) is 18.9 Å². The van der Waals surface area contributed by atoms with Gasteiger partial charge < -0.3 is 20.9 Å². The third-order valence-electron chi connectivity index (χ3n) is 3.01. The lowest BCUT2D eigenvalue weighted by molar-refractivity contribution is -0.142. The molecule has 0 spiro atoms. The van der Waals surface area contributed by atoms with Crippen LogP contribution in [0.2, 0.25) is 0 Å². The Morgan fingerprint density at radius 2 is 2.16 bits per heavy atom. The zero-order valence-electron chi connectivity index (χ0n) is 9.93. The monoisotopic (exact) mass is 268 g/mol. The average molecular weight is 268 g/mol. The van der Waals surface area contributed by atoms with Crippen molar-refractivity contribution in [1.82, 2.24) is 5.32 Å². The Morgan fingerprint density at radius 1 is 1.42 bits per heavy atom. The number of amides is 1. The lowest BCUT2D eigenvalue weighted by Crippen LogP contribution is -2.42. The number of nitrogens with two attached hydrogens (primary N) is 1. The van der Waals surface area contributed by atoms with Gasteiger partial charge in [-0.15, -0.1) is 0 Å². The number of carbonyl (C=O) groups excluding carboxylic acids is 1. The van der Waals surface area contributed by atoms with E-state index in [1.807, 2.05) is 0 Å². The van der Waals surface area contributed by atoms with Gasteiger partial charge in [-0.2, -0.15) is 0 Å². The third kappa shape index (κ3) is 2.65. The molecule has 1 heterocycles. The fraction of sp³-hybridized carbons (Fsp3) is 0.333. The molecule has 1 aromatic rings. The van der Waals surface area contributed by atoms with Crippen LogP contribution < -0.4 is 11.1 Å². The van der Waals surface area contributed by atoms with Crippen LogP contribution >= 0.6 is 0 Å². The first-order chi connectivity index (χ1) is 9.00. The predicted molar refractivity (Wildman–Crippen MR) is 64.0 cm³/mol. The number of para-hydroxylation sites is 1. The van der Waals surface area contributed by atoms with Crippen LogP contribution in [0.4, 0.5) is 10.1 Å². The maximum absolute atomic E-state index is 13.2. The lowest BCUT2D eigenvalue weighted by atomic mass is 10.0. The molecule has 0 saturated carbocycles. The number of ether oxygens (including phenoxy) is 1. The van der Waals surface area contributed by atoms with Crippen molar-refractivity contribution in [3.8, 4) is 0 Å². The quantitative estimate of drug-likeness (QED) is 0.681. The second-order valence-electron chi connectivity index (χ2n) is 4.26. The highest BCUT2D eigenvalue weighted by atomic mass is 19.1. The molecule has 6 nitrogen and oxygen atoms in total. The number of rotatable bonds is 3. The summed E-state index contributed by atoms with van der Waals surface area (Å²) < 4.78 is 18.3. The van der Waals surface area contributed by atoms with Crippen LogP contribution in [0.1, 0.15) is 10.4 Å². The van der Waals surface area contributed by atoms with E-state index in [0.717, 1.165) is 6.07 Å². The summed E-state index contributed by atoms with van der Waals surface area (Å²) in [6, 6.07) is 3.23. The van der Waals surface area contributed by atoms with E-state index in [1.54, 1.807) is 0 Å². The zero-order chi connectivity index (χ0) is 14.0. The van der Waals surface area contributed by atoms with Crippen molar-refractivity contribution in [3.05, 3.63) is 29.6 Å². The first-order valence-corrected chi connectivity index (χ1v) is 5.66. The number of benzene rings is 1. The van der Waals surface area contributed by atoms with E-state index in [-0.39, 0.29) is 24.5 Å². The van der Waals surface area contributed by atoms with E-state index in [9.17, 15) is 14.0 Å². The van der Waals surface area contributed by atoms with Gasteiger partial charge in [0.25, 0.3) is 5.91 Å². The lowest BCUT2D eigenvalue weighted by Gasteiger charge is -2.16. The van der Waals surface area contributed by atoms with Crippen LogP contribution in [0, 0.1) is 11.7 Å². The molecular formula is C12H13FN2O4. The molecule has 102 valence electrons. The number of aliphatic carboxylic acids is 1. The summed E-state index contributed by atoms with van der Waals surface area (Å²) in [4.78, 5) is 22.9. The molecule has 19 heavy (non-hydrogen) atoms. The summed E-state index contributed by atoms with van der Waals surface area (Å²) >= 11 is 0. The fourth-order valence-corrected chi connectivity index (χ4v) is 1.92. The van der Waals surface area contributed by atoms with Gasteiger partial charge in [-0.25, -0.2) is 4.39 Å². The molecule has 1 saturated heterocycles. The molecule has 1 amide bonds. The number of nitrogens with one attached hydrogen (secondary N) is 1. The van der Waals surface area contributed by atoms with Crippen LogP contribution in [-0.2, 0) is 9.53 Å². The van der Waals surface area contributed by atoms with Crippen LogP contribution in [0.3, 0.4) is 0 Å². The van der Waals surface area contributed by atoms with Crippen molar-refractivity contribution < 1.29 is 23.8 Å². The molecule has 1 aliphatic heterocycles. The smallest absolute Gasteiger partial charge is 0.311 e. The van der Waals surface area contributed by atoms with Gasteiger partial charge in [0.2, 0.25) is 0 Å². The number of halogens is 1. The SMILES string of the molecule is Nc1c(F)cccc1C(=O)NC1COCC1C(=O)O. The zero-order valence-corrected chi connectivity index (χ0v) is 9.93. The van der Waals surface area contributed by atoms with Crippen molar-refractivity contribution in [1.29, 1.82) is 0 Å². The second-order valence-corrected chi connectivity index (χ2v) is 4.26. The van der Waals surface area contributed by atoms with E-state index in [0.29, 0.717) is 0 Å². The van der Waals surface area contributed by atoms with Crippen molar-refractivity contribution in [3.63, 3.8) is 0 Å². The van der Waals surface area contributed by atoms with E-state index < -0.39 is 29.7 Å². The molecule has 0 aromatic heterocycles. The molecule has 0 bridgehead atoms. The minimum Gasteiger partial charge on any atom is -0.481 e. The highest BCUT2D eigenvalue weighted by Crippen LogP contribution is 2.18. The van der Waals surface area contributed by atoms with Gasteiger partial charge >= 0.3 is 5.97 Å². The Balaban J connectivity index is 2.13. The summed E-state index contributed by atoms with van der Waals surface area (Å²) in [7, 11) is 0. The van der Waals surface area contributed by atoms with Crippen LogP contribution in [0.25, 0.3) is 0 Å².